The van der Waals surface area contributed by atoms with Crippen LogP contribution in [-0.2, 0) is 82.7 Å². The van der Waals surface area contributed by atoms with Gasteiger partial charge in [0.25, 0.3) is 0 Å². The summed E-state index contributed by atoms with van der Waals surface area (Å²) in [5.74, 6) is 2.08. The van der Waals surface area contributed by atoms with Crippen molar-refractivity contribution in [3.05, 3.63) is 335 Å². The fraction of sp³-hybridized carbons (Fsp3) is 0.240. The molecular weight excluding hydrogens is 1900 g/mol. The zero-order valence-corrected chi connectivity index (χ0v) is 74.1. The van der Waals surface area contributed by atoms with Gasteiger partial charge < -0.3 is 20.2 Å². The molecule has 3 radical (unpaired) electrons. The third kappa shape index (κ3) is 30.6. The van der Waals surface area contributed by atoms with E-state index in [1.54, 1.807) is 6.20 Å². The summed E-state index contributed by atoms with van der Waals surface area (Å²) in [6.45, 7) is 32.7. The molecule has 0 saturated carbocycles. The van der Waals surface area contributed by atoms with Crippen LogP contribution in [0.25, 0.3) is 100 Å². The summed E-state index contributed by atoms with van der Waals surface area (Å²) in [6.07, 6.45) is 9.40. The Morgan fingerprint density at radius 2 is 0.811 bits per heavy atom. The van der Waals surface area contributed by atoms with E-state index in [4.69, 9.17) is 15.1 Å². The molecular formula is C100H104Ir3N4O4-4. The number of aromatic nitrogens is 4. The van der Waals surface area contributed by atoms with Gasteiger partial charge in [0.05, 0.1) is 22.6 Å². The number of rotatable bonds is 17. The first kappa shape index (κ1) is 92.1. The van der Waals surface area contributed by atoms with Gasteiger partial charge in [-0.25, -0.2) is 0 Å². The second-order valence-corrected chi connectivity index (χ2v) is 29.5. The number of hydrogen-bond acceptors (Lipinski definition) is 8. The second kappa shape index (κ2) is 46.3. The van der Waals surface area contributed by atoms with Gasteiger partial charge in [0.15, 0.2) is 11.6 Å². The average Bonchev–Trinajstić information content (AvgIpc) is 0.784. The van der Waals surface area contributed by atoms with E-state index >= 15 is 0 Å². The van der Waals surface area contributed by atoms with Crippen molar-refractivity contribution in [3.8, 4) is 78.4 Å². The summed E-state index contributed by atoms with van der Waals surface area (Å²) in [4.78, 5) is 40.0. The Hall–Kier alpha value is -9.53. The minimum absolute atomic E-state index is 0. The first-order chi connectivity index (χ1) is 51.7. The molecule has 0 aliphatic heterocycles. The predicted octanol–water partition coefficient (Wildman–Crippen LogP) is 25.9. The molecule has 11 heteroatoms. The van der Waals surface area contributed by atoms with Crippen LogP contribution in [0.2, 0.25) is 0 Å². The van der Waals surface area contributed by atoms with Crippen LogP contribution in [0, 0.1) is 89.5 Å². The van der Waals surface area contributed by atoms with E-state index in [0.717, 1.165) is 85.6 Å². The maximum Gasteiger partial charge on any atom is 0.159 e. The van der Waals surface area contributed by atoms with Crippen molar-refractivity contribution in [2.75, 3.05) is 0 Å². The summed E-state index contributed by atoms with van der Waals surface area (Å²) >= 11 is 0. The van der Waals surface area contributed by atoms with Gasteiger partial charge in [0.2, 0.25) is 0 Å². The normalized spacial score (nSPS) is 10.8. The van der Waals surface area contributed by atoms with E-state index in [2.05, 4.69) is 243 Å². The summed E-state index contributed by atoms with van der Waals surface area (Å²) < 4.78 is 0. The molecule has 13 aromatic rings. The fourth-order valence-electron chi connectivity index (χ4n) is 12.4. The topological polar surface area (TPSA) is 126 Å². The molecule has 0 aliphatic carbocycles. The summed E-state index contributed by atoms with van der Waals surface area (Å²) in [6, 6.07) is 93.3. The number of ketones is 2. The molecule has 0 atom stereocenters. The monoisotopic (exact) mass is 2000 g/mol. The molecule has 4 aromatic heterocycles. The number of pyridine rings is 4. The van der Waals surface area contributed by atoms with Crippen LogP contribution in [0.1, 0.15) is 127 Å². The Bertz CT molecular complexity index is 4770. The van der Waals surface area contributed by atoms with Gasteiger partial charge in [-0.3, -0.25) is 19.6 Å². The van der Waals surface area contributed by atoms with Crippen molar-refractivity contribution in [2.24, 2.45) is 23.7 Å². The first-order valence-corrected chi connectivity index (χ1v) is 37.4. The number of carbonyl (C=O) groups excluding carboxylic acids is 2. The van der Waals surface area contributed by atoms with Crippen LogP contribution in [0.3, 0.4) is 0 Å². The number of hydrogen-bond donors (Lipinski definition) is 2. The number of aliphatic hydroxyl groups excluding tert-OH is 2. The molecule has 4 heterocycles. The van der Waals surface area contributed by atoms with Gasteiger partial charge in [-0.2, -0.15) is 0 Å². The van der Waals surface area contributed by atoms with E-state index < -0.39 is 0 Å². The summed E-state index contributed by atoms with van der Waals surface area (Å²) in [5.41, 5.74) is 27.7. The molecule has 0 spiro atoms. The SMILES string of the molecule is CC(=O)/C=C(/C)O.CC(C)CC(=O)/C=C(\O)CC(C)C.Cc1[c-]c(-c2cc(CC(C)C)c3cc(-c4ccc(C)cc4)ccc3n2)cc(C)c1.Cc1[c-]c(-c2cc(CC(C)C)c3cc(-c4ccc(C)cc4)ccc3n2)cc(C)c1.[Ir].[Ir].[Ir].[c-]1ccccc1-c1ccc(-c2ccccc2)cn1.[c-]1ccccc1-c1ccccn1. The van der Waals surface area contributed by atoms with E-state index in [-0.39, 0.29) is 83.4 Å². The smallest absolute Gasteiger partial charge is 0.159 e. The van der Waals surface area contributed by atoms with Crippen molar-refractivity contribution >= 4 is 33.4 Å². The molecule has 8 nitrogen and oxygen atoms in total. The third-order valence-electron chi connectivity index (χ3n) is 17.1. The molecule has 0 saturated heterocycles. The maximum atomic E-state index is 11.2. The van der Waals surface area contributed by atoms with Crippen molar-refractivity contribution in [1.82, 2.24) is 19.9 Å². The van der Waals surface area contributed by atoms with Crippen molar-refractivity contribution in [2.45, 2.75) is 136 Å². The quantitative estimate of drug-likeness (QED) is 0.0524. The van der Waals surface area contributed by atoms with Gasteiger partial charge in [0, 0.05) is 108 Å². The third-order valence-corrected chi connectivity index (χ3v) is 17.1. The van der Waals surface area contributed by atoms with Gasteiger partial charge in [0.1, 0.15) is 0 Å². The Kier molecular flexibility index (Phi) is 38.4. The molecule has 2 N–H and O–H groups in total. The molecule has 0 bridgehead atoms. The minimum atomic E-state index is -0.125. The Balaban J connectivity index is 0.000000251. The molecule has 579 valence electrons. The number of carbonyl (C=O) groups is 2. The molecule has 13 rings (SSSR count). The Morgan fingerprint density at radius 3 is 1.18 bits per heavy atom. The minimum Gasteiger partial charge on any atom is -0.512 e. The summed E-state index contributed by atoms with van der Waals surface area (Å²) in [7, 11) is 0. The van der Waals surface area contributed by atoms with Crippen molar-refractivity contribution in [3.63, 3.8) is 0 Å². The number of aryl methyl sites for hydroxylation is 6. The van der Waals surface area contributed by atoms with Crippen molar-refractivity contribution in [1.29, 1.82) is 0 Å². The number of nitrogens with zero attached hydrogens (tertiary/aromatic N) is 4. The molecule has 9 aromatic carbocycles. The predicted molar refractivity (Wildman–Crippen MR) is 453 cm³/mol. The van der Waals surface area contributed by atoms with Crippen LogP contribution in [0.15, 0.2) is 267 Å². The van der Waals surface area contributed by atoms with Crippen LogP contribution in [0.5, 0.6) is 0 Å². The van der Waals surface area contributed by atoms with Crippen molar-refractivity contribution < 1.29 is 80.1 Å². The van der Waals surface area contributed by atoms with Gasteiger partial charge in [-0.1, -0.05) is 222 Å². The van der Waals surface area contributed by atoms with Crippen LogP contribution in [0.4, 0.5) is 0 Å². The van der Waals surface area contributed by atoms with E-state index in [1.807, 2.05) is 125 Å². The zero-order valence-electron chi connectivity index (χ0n) is 66.9. The first-order valence-electron chi connectivity index (χ1n) is 37.4. The van der Waals surface area contributed by atoms with Gasteiger partial charge in [-0.15, -0.1) is 142 Å². The molecule has 0 aliphatic rings. The molecule has 0 unspecified atom stereocenters. The van der Waals surface area contributed by atoms with Crippen LogP contribution in [-0.4, -0.2) is 41.7 Å². The van der Waals surface area contributed by atoms with Crippen LogP contribution < -0.4 is 0 Å². The van der Waals surface area contributed by atoms with Crippen LogP contribution >= 0.6 is 0 Å². The Labute approximate surface area is 701 Å². The standard InChI is InChI=1S/2C28H28N.C17H12N.C11H8N.C11H20O2.C5H8O2.3Ir/c2*1-18(2)12-24-17-28(25-14-20(4)13-21(5)15-25)29-27-11-10-23(16-26(24)27)22-8-6-19(3)7-9-22;1-3-7-14(8-4-1)16-11-12-17(18-13-16)15-9-5-2-6-10-15;1-2-6-10(7-3-1)11-8-4-5-9-12-11;1-8(2)5-10(12)7-11(13)6-9(3)4;1-4(6)3-5(2)7;;;/h2*6-11,13-14,16-18H,12H2,1-5H3;1-9,11-13H;1-6,8-9H;7-9,12H,5-6H2,1-4H3;3,6H,1-2H3;;;/q4*-1;;;;;/b;;;;10-7-;4-3-;;;. The van der Waals surface area contributed by atoms with Gasteiger partial charge >= 0.3 is 0 Å². The number of allylic oxidation sites excluding steroid dienone is 4. The average molecular weight is 2000 g/mol. The molecule has 0 amide bonds. The van der Waals surface area contributed by atoms with E-state index in [9.17, 15) is 14.7 Å². The maximum absolute atomic E-state index is 11.2. The number of benzene rings is 9. The summed E-state index contributed by atoms with van der Waals surface area (Å²) in [5, 5.41) is 20.2. The largest absolute Gasteiger partial charge is 0.512 e. The molecule has 111 heavy (non-hydrogen) atoms. The Morgan fingerprint density at radius 1 is 0.387 bits per heavy atom. The fourth-order valence-corrected chi connectivity index (χ4v) is 12.4. The number of aliphatic hydroxyl groups is 2. The number of fused-ring (bicyclic) bond motifs is 2. The van der Waals surface area contributed by atoms with Gasteiger partial charge in [-0.05, 0) is 162 Å². The molecule has 0 fully saturated rings. The van der Waals surface area contributed by atoms with E-state index in [0.29, 0.717) is 36.5 Å². The van der Waals surface area contributed by atoms with E-state index in [1.165, 1.54) is 98.0 Å². The second-order valence-electron chi connectivity index (χ2n) is 29.5. The zero-order chi connectivity index (χ0) is 77.8.